The molecule has 1 atom stereocenters. The van der Waals surface area contributed by atoms with E-state index in [1.165, 1.54) is 24.1 Å². The normalized spacial score (nSPS) is 20.7. The van der Waals surface area contributed by atoms with Gasteiger partial charge in [0.15, 0.2) is 0 Å². The summed E-state index contributed by atoms with van der Waals surface area (Å²) in [5, 5.41) is 11.0. The van der Waals surface area contributed by atoms with Crippen LogP contribution in [-0.4, -0.2) is 30.0 Å². The second-order valence-corrected chi connectivity index (χ2v) is 6.69. The number of carbonyl (C=O) groups is 2. The highest BCUT2D eigenvalue weighted by molar-refractivity contribution is 6.02. The second-order valence-electron chi connectivity index (χ2n) is 6.69. The van der Waals surface area contributed by atoms with Crippen molar-refractivity contribution in [2.75, 3.05) is 12.0 Å². The van der Waals surface area contributed by atoms with Crippen molar-refractivity contribution < 1.29 is 19.2 Å². The molecular weight excluding hydrogens is 324 g/mol. The van der Waals surface area contributed by atoms with E-state index in [9.17, 15) is 19.7 Å². The first-order chi connectivity index (χ1) is 12.0. The molecule has 0 bridgehead atoms. The number of fused-ring (bicyclic) bond motifs is 1. The third kappa shape index (κ3) is 3.36. The quantitative estimate of drug-likeness (QED) is 0.477. The SMILES string of the molecule is COC(=O)C1CCc2cc([N+](=O)[O-])ccc2N1C(=O)C1CCCCC1. The fraction of sp³-hybridized carbons (Fsp3) is 0.556. The monoisotopic (exact) mass is 346 g/mol. The molecule has 1 unspecified atom stereocenters. The Labute approximate surface area is 146 Å². The fourth-order valence-electron chi connectivity index (χ4n) is 3.89. The number of anilines is 1. The van der Waals surface area contributed by atoms with Crippen LogP contribution in [0.2, 0.25) is 0 Å². The van der Waals surface area contributed by atoms with Crippen molar-refractivity contribution in [3.63, 3.8) is 0 Å². The Balaban J connectivity index is 1.99. The predicted octanol–water partition coefficient (Wildman–Crippen LogP) is 3.00. The van der Waals surface area contributed by atoms with Crippen LogP contribution in [0.1, 0.15) is 44.1 Å². The predicted molar refractivity (Wildman–Crippen MR) is 91.3 cm³/mol. The van der Waals surface area contributed by atoms with Crippen LogP contribution in [0.5, 0.6) is 0 Å². The van der Waals surface area contributed by atoms with Crippen molar-refractivity contribution in [2.24, 2.45) is 5.92 Å². The van der Waals surface area contributed by atoms with Gasteiger partial charge in [0.05, 0.1) is 12.0 Å². The average molecular weight is 346 g/mol. The van der Waals surface area contributed by atoms with Gasteiger partial charge >= 0.3 is 5.97 Å². The minimum Gasteiger partial charge on any atom is -0.467 e. The Morgan fingerprint density at radius 2 is 1.92 bits per heavy atom. The molecule has 2 aliphatic rings. The van der Waals surface area contributed by atoms with E-state index in [1.54, 1.807) is 6.07 Å². The van der Waals surface area contributed by atoms with E-state index in [1.807, 2.05) is 0 Å². The Bertz CT molecular complexity index is 697. The number of amides is 1. The van der Waals surface area contributed by atoms with Crippen LogP contribution in [0.3, 0.4) is 0 Å². The summed E-state index contributed by atoms with van der Waals surface area (Å²) in [4.78, 5) is 37.5. The second kappa shape index (κ2) is 7.21. The number of nitrogens with zero attached hydrogens (tertiary/aromatic N) is 2. The Morgan fingerprint density at radius 1 is 1.20 bits per heavy atom. The molecule has 1 aliphatic carbocycles. The van der Waals surface area contributed by atoms with Gasteiger partial charge in [-0.15, -0.1) is 0 Å². The number of hydrogen-bond donors (Lipinski definition) is 0. The van der Waals surface area contributed by atoms with Crippen LogP contribution >= 0.6 is 0 Å². The number of non-ortho nitro benzene ring substituents is 1. The van der Waals surface area contributed by atoms with Gasteiger partial charge in [0, 0.05) is 23.7 Å². The smallest absolute Gasteiger partial charge is 0.328 e. The summed E-state index contributed by atoms with van der Waals surface area (Å²) in [6, 6.07) is 3.82. The Morgan fingerprint density at radius 3 is 2.56 bits per heavy atom. The van der Waals surface area contributed by atoms with Crippen molar-refractivity contribution in [1.82, 2.24) is 0 Å². The van der Waals surface area contributed by atoms with Gasteiger partial charge < -0.3 is 4.74 Å². The summed E-state index contributed by atoms with van der Waals surface area (Å²) >= 11 is 0. The fourth-order valence-corrected chi connectivity index (χ4v) is 3.89. The van der Waals surface area contributed by atoms with Gasteiger partial charge in [-0.25, -0.2) is 4.79 Å². The summed E-state index contributed by atoms with van der Waals surface area (Å²) in [7, 11) is 1.32. The molecule has 7 heteroatoms. The molecule has 1 heterocycles. The minimum absolute atomic E-state index is 0.000309. The maximum Gasteiger partial charge on any atom is 0.328 e. The van der Waals surface area contributed by atoms with Gasteiger partial charge in [-0.1, -0.05) is 19.3 Å². The molecule has 1 amide bonds. The van der Waals surface area contributed by atoms with E-state index < -0.39 is 16.9 Å². The third-order valence-electron chi connectivity index (χ3n) is 5.20. The molecule has 0 saturated heterocycles. The highest BCUT2D eigenvalue weighted by atomic mass is 16.6. The summed E-state index contributed by atoms with van der Waals surface area (Å²) < 4.78 is 4.89. The van der Waals surface area contributed by atoms with Crippen LogP contribution in [0.25, 0.3) is 0 Å². The molecule has 3 rings (SSSR count). The number of hydrogen-bond acceptors (Lipinski definition) is 5. The Hall–Kier alpha value is -2.44. The lowest BCUT2D eigenvalue weighted by Crippen LogP contribution is -2.51. The maximum atomic E-state index is 13.1. The zero-order chi connectivity index (χ0) is 18.0. The van der Waals surface area contributed by atoms with E-state index in [4.69, 9.17) is 4.74 Å². The number of ether oxygens (including phenoxy) is 1. The van der Waals surface area contributed by atoms with Crippen molar-refractivity contribution in [3.05, 3.63) is 33.9 Å². The zero-order valence-corrected chi connectivity index (χ0v) is 14.3. The standard InChI is InChI=1S/C18H22N2O5/c1-25-18(22)16-9-7-13-11-14(20(23)24)8-10-15(13)19(16)17(21)12-5-3-2-4-6-12/h8,10-12,16H,2-7,9H2,1H3. The first kappa shape index (κ1) is 17.4. The van der Waals surface area contributed by atoms with Crippen molar-refractivity contribution in [3.8, 4) is 0 Å². The Kier molecular flexibility index (Phi) is 5.01. The van der Waals surface area contributed by atoms with Crippen molar-refractivity contribution >= 4 is 23.3 Å². The summed E-state index contributed by atoms with van der Waals surface area (Å²) in [6.45, 7) is 0. The van der Waals surface area contributed by atoms with Crippen molar-refractivity contribution in [1.29, 1.82) is 0 Å². The minimum atomic E-state index is -0.659. The summed E-state index contributed by atoms with van der Waals surface area (Å²) in [5.74, 6) is -0.597. The number of aryl methyl sites for hydroxylation is 1. The van der Waals surface area contributed by atoms with Gasteiger partial charge in [-0.2, -0.15) is 0 Å². The van der Waals surface area contributed by atoms with Gasteiger partial charge in [0.1, 0.15) is 6.04 Å². The molecule has 25 heavy (non-hydrogen) atoms. The molecule has 1 aromatic carbocycles. The lowest BCUT2D eigenvalue weighted by molar-refractivity contribution is -0.384. The van der Waals surface area contributed by atoms with E-state index in [-0.39, 0.29) is 17.5 Å². The van der Waals surface area contributed by atoms with Gasteiger partial charge in [-0.3, -0.25) is 19.8 Å². The van der Waals surface area contributed by atoms with Crippen LogP contribution in [0.15, 0.2) is 18.2 Å². The van der Waals surface area contributed by atoms with Crippen LogP contribution in [0.4, 0.5) is 11.4 Å². The van der Waals surface area contributed by atoms with Crippen LogP contribution < -0.4 is 4.90 Å². The molecular formula is C18H22N2O5. The van der Waals surface area contributed by atoms with E-state index in [0.717, 1.165) is 37.7 Å². The number of nitro groups is 1. The average Bonchev–Trinajstić information content (AvgIpc) is 2.66. The number of esters is 1. The topological polar surface area (TPSA) is 89.8 Å². The van der Waals surface area contributed by atoms with Crippen molar-refractivity contribution in [2.45, 2.75) is 51.0 Å². The lowest BCUT2D eigenvalue weighted by Gasteiger charge is -2.38. The molecule has 0 aromatic heterocycles. The van der Waals surface area contributed by atoms with Gasteiger partial charge in [0.25, 0.3) is 5.69 Å². The number of carbonyl (C=O) groups excluding carboxylic acids is 2. The largest absolute Gasteiger partial charge is 0.467 e. The molecule has 1 fully saturated rings. The highest BCUT2D eigenvalue weighted by Crippen LogP contribution is 2.37. The number of methoxy groups -OCH3 is 1. The van der Waals surface area contributed by atoms with Crippen LogP contribution in [0, 0.1) is 16.0 Å². The van der Waals surface area contributed by atoms with E-state index >= 15 is 0 Å². The zero-order valence-electron chi connectivity index (χ0n) is 14.3. The molecule has 1 aromatic rings. The molecule has 1 saturated carbocycles. The molecule has 1 aliphatic heterocycles. The molecule has 0 spiro atoms. The molecule has 0 radical (unpaired) electrons. The third-order valence-corrected chi connectivity index (χ3v) is 5.20. The van der Waals surface area contributed by atoms with Gasteiger partial charge in [0.2, 0.25) is 5.91 Å². The van der Waals surface area contributed by atoms with Gasteiger partial charge in [-0.05, 0) is 37.3 Å². The molecule has 0 N–H and O–H groups in total. The number of nitro benzene ring substituents is 1. The lowest BCUT2D eigenvalue weighted by atomic mass is 9.86. The maximum absolute atomic E-state index is 13.1. The number of rotatable bonds is 3. The van der Waals surface area contributed by atoms with Crippen LogP contribution in [-0.2, 0) is 20.7 Å². The first-order valence-corrected chi connectivity index (χ1v) is 8.71. The molecule has 134 valence electrons. The number of benzene rings is 1. The van der Waals surface area contributed by atoms with E-state index in [2.05, 4.69) is 0 Å². The summed E-state index contributed by atoms with van der Waals surface area (Å²) in [5.41, 5.74) is 1.33. The van der Waals surface area contributed by atoms with E-state index in [0.29, 0.717) is 18.5 Å². The summed E-state index contributed by atoms with van der Waals surface area (Å²) in [6.07, 6.45) is 5.73. The first-order valence-electron chi connectivity index (χ1n) is 8.71. The highest BCUT2D eigenvalue weighted by Gasteiger charge is 2.39. The molecule has 7 nitrogen and oxygen atoms in total.